The van der Waals surface area contributed by atoms with E-state index in [1.807, 2.05) is 62.4 Å². The highest BCUT2D eigenvalue weighted by atomic mass is 16.6. The molecular weight excluding hydrogens is 526 g/mol. The summed E-state index contributed by atoms with van der Waals surface area (Å²) in [5.41, 5.74) is 3.00. The van der Waals surface area contributed by atoms with Gasteiger partial charge in [-0.15, -0.1) is 0 Å². The van der Waals surface area contributed by atoms with E-state index in [1.165, 1.54) is 6.42 Å². The molecule has 7 nitrogen and oxygen atoms in total. The van der Waals surface area contributed by atoms with E-state index in [4.69, 9.17) is 4.74 Å². The number of nitrogens with one attached hydrogen (secondary N) is 2. The van der Waals surface area contributed by atoms with Gasteiger partial charge in [-0.25, -0.2) is 4.79 Å². The zero-order chi connectivity index (χ0) is 30.7. The maximum Gasteiger partial charge on any atom is 0.408 e. The summed E-state index contributed by atoms with van der Waals surface area (Å²) in [5.74, 6) is -0.443. The summed E-state index contributed by atoms with van der Waals surface area (Å²) < 4.78 is 5.56. The summed E-state index contributed by atoms with van der Waals surface area (Å²) in [7, 11) is 0. The Hall–Kier alpha value is -3.35. The third kappa shape index (κ3) is 10.2. The Morgan fingerprint density at radius 2 is 1.67 bits per heavy atom. The van der Waals surface area contributed by atoms with Crippen molar-refractivity contribution < 1.29 is 19.1 Å². The molecule has 3 amide bonds. The molecule has 230 valence electrons. The van der Waals surface area contributed by atoms with Gasteiger partial charge in [-0.05, 0) is 70.6 Å². The van der Waals surface area contributed by atoms with Crippen LogP contribution in [0.25, 0.3) is 0 Å². The Kier molecular flexibility index (Phi) is 12.4. The van der Waals surface area contributed by atoms with Gasteiger partial charge in [-0.2, -0.15) is 0 Å². The van der Waals surface area contributed by atoms with E-state index in [0.29, 0.717) is 6.54 Å². The van der Waals surface area contributed by atoms with E-state index < -0.39 is 23.8 Å². The highest BCUT2D eigenvalue weighted by Crippen LogP contribution is 2.29. The van der Waals surface area contributed by atoms with Gasteiger partial charge in [-0.1, -0.05) is 93.1 Å². The quantitative estimate of drug-likeness (QED) is 0.267. The fourth-order valence-corrected chi connectivity index (χ4v) is 5.63. The molecular formula is C35H51N3O4. The zero-order valence-electron chi connectivity index (χ0n) is 26.5. The number of hydrogen-bond donors (Lipinski definition) is 2. The van der Waals surface area contributed by atoms with Crippen molar-refractivity contribution in [3.63, 3.8) is 0 Å². The average Bonchev–Trinajstić information content (AvgIpc) is 2.93. The van der Waals surface area contributed by atoms with Crippen molar-refractivity contribution in [2.75, 3.05) is 6.54 Å². The fourth-order valence-electron chi connectivity index (χ4n) is 5.63. The SMILES string of the molecule is CCCCCN(C(=O)C(Cc1ccccc1)NC(=O)OC(C)(C)C)C(C(=O)NC1CCCCC1)c1cc(C)ccc1C. The molecule has 1 aliphatic rings. The van der Waals surface area contributed by atoms with Crippen molar-refractivity contribution in [1.29, 1.82) is 0 Å². The van der Waals surface area contributed by atoms with Gasteiger partial charge in [0.1, 0.15) is 17.7 Å². The number of rotatable bonds is 12. The summed E-state index contributed by atoms with van der Waals surface area (Å²) >= 11 is 0. The van der Waals surface area contributed by atoms with Gasteiger partial charge in [0.25, 0.3) is 0 Å². The fraction of sp³-hybridized carbons (Fsp3) is 0.571. The van der Waals surface area contributed by atoms with Crippen molar-refractivity contribution >= 4 is 17.9 Å². The molecule has 0 heterocycles. The van der Waals surface area contributed by atoms with Gasteiger partial charge < -0.3 is 20.3 Å². The maximum absolute atomic E-state index is 14.6. The van der Waals surface area contributed by atoms with Gasteiger partial charge >= 0.3 is 6.09 Å². The summed E-state index contributed by atoms with van der Waals surface area (Å²) in [6.45, 7) is 11.9. The van der Waals surface area contributed by atoms with Gasteiger partial charge in [0.05, 0.1) is 0 Å². The minimum absolute atomic E-state index is 0.103. The minimum atomic E-state index is -0.904. The standard InChI is InChI=1S/C35H51N3O4/c1-7-8-15-22-38(33(40)30(24-27-16-11-9-12-17-27)37-34(41)42-35(4,5)6)31(29-23-25(2)20-21-26(29)3)32(39)36-28-18-13-10-14-19-28/h9,11-12,16-17,20-21,23,28,30-31H,7-8,10,13-15,18-19,22,24H2,1-6H3,(H,36,39)(H,37,41). The molecule has 2 unspecified atom stereocenters. The molecule has 0 spiro atoms. The zero-order valence-corrected chi connectivity index (χ0v) is 26.5. The molecule has 3 rings (SSSR count). The van der Waals surface area contributed by atoms with Crippen LogP contribution in [0.3, 0.4) is 0 Å². The number of amides is 3. The number of aryl methyl sites for hydroxylation is 2. The monoisotopic (exact) mass is 577 g/mol. The normalized spacial score (nSPS) is 15.4. The predicted octanol–water partition coefficient (Wildman–Crippen LogP) is 6.95. The first kappa shape index (κ1) is 33.2. The van der Waals surface area contributed by atoms with Crippen LogP contribution in [0.1, 0.15) is 107 Å². The minimum Gasteiger partial charge on any atom is -0.444 e. The molecule has 0 radical (unpaired) electrons. The summed E-state index contributed by atoms with van der Waals surface area (Å²) in [6.07, 6.45) is 7.57. The number of alkyl carbamates (subject to hydrolysis) is 1. The molecule has 1 aliphatic carbocycles. The third-order valence-electron chi connectivity index (χ3n) is 7.80. The summed E-state index contributed by atoms with van der Waals surface area (Å²) in [4.78, 5) is 43.6. The second-order valence-electron chi connectivity index (χ2n) is 12.7. The van der Waals surface area contributed by atoms with Crippen LogP contribution in [0.2, 0.25) is 0 Å². The van der Waals surface area contributed by atoms with Gasteiger partial charge in [0, 0.05) is 19.0 Å². The molecule has 7 heteroatoms. The molecule has 2 N–H and O–H groups in total. The van der Waals surface area contributed by atoms with E-state index in [0.717, 1.165) is 67.2 Å². The van der Waals surface area contributed by atoms with Crippen LogP contribution in [0.5, 0.6) is 0 Å². The van der Waals surface area contributed by atoms with E-state index in [-0.39, 0.29) is 24.3 Å². The van der Waals surface area contributed by atoms with Gasteiger partial charge in [0.2, 0.25) is 11.8 Å². The number of benzene rings is 2. The van der Waals surface area contributed by atoms with Crippen molar-refractivity contribution in [2.45, 2.75) is 123 Å². The Morgan fingerprint density at radius 3 is 2.31 bits per heavy atom. The lowest BCUT2D eigenvalue weighted by Gasteiger charge is -2.36. The molecule has 0 aromatic heterocycles. The Morgan fingerprint density at radius 1 is 0.976 bits per heavy atom. The molecule has 0 saturated heterocycles. The average molecular weight is 578 g/mol. The van der Waals surface area contributed by atoms with E-state index >= 15 is 0 Å². The molecule has 0 aliphatic heterocycles. The van der Waals surface area contributed by atoms with Crippen molar-refractivity contribution in [1.82, 2.24) is 15.5 Å². The smallest absolute Gasteiger partial charge is 0.408 e. The van der Waals surface area contributed by atoms with Crippen molar-refractivity contribution in [3.8, 4) is 0 Å². The number of hydrogen-bond acceptors (Lipinski definition) is 4. The van der Waals surface area contributed by atoms with Crippen LogP contribution in [-0.4, -0.2) is 47.0 Å². The predicted molar refractivity (Wildman–Crippen MR) is 168 cm³/mol. The first-order valence-corrected chi connectivity index (χ1v) is 15.7. The Bertz CT molecular complexity index is 1170. The first-order valence-electron chi connectivity index (χ1n) is 15.7. The highest BCUT2D eigenvalue weighted by Gasteiger charge is 2.37. The molecule has 0 bridgehead atoms. The van der Waals surface area contributed by atoms with Crippen LogP contribution >= 0.6 is 0 Å². The molecule has 42 heavy (non-hydrogen) atoms. The summed E-state index contributed by atoms with van der Waals surface area (Å²) in [5, 5.41) is 6.17. The second-order valence-corrected chi connectivity index (χ2v) is 12.7. The third-order valence-corrected chi connectivity index (χ3v) is 7.80. The van der Waals surface area contributed by atoms with Crippen LogP contribution < -0.4 is 10.6 Å². The number of carbonyl (C=O) groups is 3. The van der Waals surface area contributed by atoms with Crippen molar-refractivity contribution in [3.05, 3.63) is 70.8 Å². The molecule has 1 fully saturated rings. The van der Waals surface area contributed by atoms with Gasteiger partial charge in [-0.3, -0.25) is 9.59 Å². The lowest BCUT2D eigenvalue weighted by atomic mass is 9.92. The number of ether oxygens (including phenoxy) is 1. The number of carbonyl (C=O) groups excluding carboxylic acids is 3. The highest BCUT2D eigenvalue weighted by molar-refractivity contribution is 5.92. The Balaban J connectivity index is 2.05. The topological polar surface area (TPSA) is 87.7 Å². The van der Waals surface area contributed by atoms with Gasteiger partial charge in [0.15, 0.2) is 0 Å². The van der Waals surface area contributed by atoms with E-state index in [1.54, 1.807) is 25.7 Å². The molecule has 2 atom stereocenters. The largest absolute Gasteiger partial charge is 0.444 e. The van der Waals surface area contributed by atoms with Crippen LogP contribution in [0, 0.1) is 13.8 Å². The number of nitrogens with zero attached hydrogens (tertiary/aromatic N) is 1. The van der Waals surface area contributed by atoms with Crippen LogP contribution in [0.15, 0.2) is 48.5 Å². The molecule has 1 saturated carbocycles. The lowest BCUT2D eigenvalue weighted by Crippen LogP contribution is -2.55. The summed E-state index contributed by atoms with van der Waals surface area (Å²) in [6, 6.07) is 14.1. The molecule has 2 aromatic rings. The van der Waals surface area contributed by atoms with Crippen LogP contribution in [0.4, 0.5) is 4.79 Å². The van der Waals surface area contributed by atoms with Crippen molar-refractivity contribution in [2.24, 2.45) is 0 Å². The first-order chi connectivity index (χ1) is 20.0. The lowest BCUT2D eigenvalue weighted by molar-refractivity contribution is -0.143. The van der Waals surface area contributed by atoms with Crippen LogP contribution in [-0.2, 0) is 20.7 Å². The Labute approximate surface area is 252 Å². The van der Waals surface area contributed by atoms with E-state index in [9.17, 15) is 14.4 Å². The van der Waals surface area contributed by atoms with E-state index in [2.05, 4.69) is 17.6 Å². The maximum atomic E-state index is 14.6. The number of unbranched alkanes of at least 4 members (excludes halogenated alkanes) is 2. The second kappa shape index (κ2) is 15.8. The molecule has 2 aromatic carbocycles.